The molecule has 0 N–H and O–H groups in total. The Morgan fingerprint density at radius 3 is 1.07 bits per heavy atom. The van der Waals surface area contributed by atoms with E-state index < -0.39 is 0 Å². The quantitative estimate of drug-likeness (QED) is 0.200. The number of rotatable bonds is 14. The van der Waals surface area contributed by atoms with Gasteiger partial charge in [0.05, 0.1) is 0 Å². The first-order valence-electron chi connectivity index (χ1n) is 15.9. The second kappa shape index (κ2) is 17.9. The summed E-state index contributed by atoms with van der Waals surface area (Å²) >= 11 is 0. The van der Waals surface area contributed by atoms with Crippen LogP contribution in [0.25, 0.3) is 0 Å². The van der Waals surface area contributed by atoms with Crippen LogP contribution in [0.1, 0.15) is 76.1 Å². The molecule has 1 aliphatic rings. The van der Waals surface area contributed by atoms with Crippen LogP contribution < -0.4 is 18.9 Å². The molecule has 2 amide bonds. The second-order valence-electron chi connectivity index (χ2n) is 12.3. The smallest absolute Gasteiger partial charge is 0.254 e. The van der Waals surface area contributed by atoms with E-state index in [4.69, 9.17) is 18.9 Å². The Hall–Kier alpha value is -4.46. The van der Waals surface area contributed by atoms with Crippen molar-refractivity contribution >= 4 is 11.8 Å². The largest absolute Gasteiger partial charge is 0.486 e. The maximum atomic E-state index is 13.5. The fraction of sp³-hybridized carbons (Fsp3) is 0.421. The molecule has 0 aliphatic carbocycles. The minimum Gasteiger partial charge on any atom is -0.486 e. The summed E-state index contributed by atoms with van der Waals surface area (Å²) in [5.41, 5.74) is 5.63. The van der Waals surface area contributed by atoms with E-state index in [0.29, 0.717) is 86.7 Å². The molecule has 46 heavy (non-hydrogen) atoms. The van der Waals surface area contributed by atoms with Crippen molar-refractivity contribution in [2.75, 3.05) is 52.6 Å². The van der Waals surface area contributed by atoms with E-state index in [0.717, 1.165) is 22.3 Å². The van der Waals surface area contributed by atoms with Crippen LogP contribution in [0.2, 0.25) is 0 Å². The lowest BCUT2D eigenvalue weighted by Gasteiger charge is -2.35. The molecule has 2 aromatic rings. The van der Waals surface area contributed by atoms with Gasteiger partial charge in [-0.3, -0.25) is 9.59 Å². The van der Waals surface area contributed by atoms with Gasteiger partial charge in [0.15, 0.2) is 23.0 Å². The van der Waals surface area contributed by atoms with Gasteiger partial charge in [0, 0.05) is 37.3 Å². The number of nitrogens with zero attached hydrogens (tertiary/aromatic N) is 2. The van der Waals surface area contributed by atoms with Crippen LogP contribution in [0.15, 0.2) is 83.0 Å². The van der Waals surface area contributed by atoms with Gasteiger partial charge >= 0.3 is 0 Å². The van der Waals surface area contributed by atoms with E-state index >= 15 is 0 Å². The average molecular weight is 631 g/mol. The highest BCUT2D eigenvalue weighted by Crippen LogP contribution is 2.31. The van der Waals surface area contributed by atoms with Crippen molar-refractivity contribution in [3.05, 3.63) is 94.1 Å². The van der Waals surface area contributed by atoms with Gasteiger partial charge in [-0.1, -0.05) is 22.3 Å². The normalized spacial score (nSPS) is 12.4. The third-order valence-electron chi connectivity index (χ3n) is 7.16. The zero-order valence-corrected chi connectivity index (χ0v) is 28.8. The zero-order chi connectivity index (χ0) is 33.6. The highest BCUT2D eigenvalue weighted by molar-refractivity contribution is 5.96. The molecule has 8 heteroatoms. The molecule has 0 radical (unpaired) electrons. The van der Waals surface area contributed by atoms with Gasteiger partial charge in [0.1, 0.15) is 26.4 Å². The first-order chi connectivity index (χ1) is 21.9. The number of hydrogen-bond acceptors (Lipinski definition) is 6. The Morgan fingerprint density at radius 2 is 0.783 bits per heavy atom. The van der Waals surface area contributed by atoms with Gasteiger partial charge in [-0.15, -0.1) is 0 Å². The van der Waals surface area contributed by atoms with Crippen molar-refractivity contribution < 1.29 is 28.5 Å². The fourth-order valence-corrected chi connectivity index (χ4v) is 4.42. The molecule has 1 saturated heterocycles. The molecule has 1 fully saturated rings. The third kappa shape index (κ3) is 11.5. The molecule has 0 aromatic heterocycles. The first kappa shape index (κ1) is 36.0. The third-order valence-corrected chi connectivity index (χ3v) is 7.16. The van der Waals surface area contributed by atoms with Crippen LogP contribution in [0.5, 0.6) is 23.0 Å². The van der Waals surface area contributed by atoms with E-state index in [2.05, 4.69) is 0 Å². The van der Waals surface area contributed by atoms with Crippen molar-refractivity contribution in [1.29, 1.82) is 0 Å². The number of hydrogen-bond donors (Lipinski definition) is 0. The molecule has 1 heterocycles. The van der Waals surface area contributed by atoms with Crippen molar-refractivity contribution in [2.45, 2.75) is 55.4 Å². The van der Waals surface area contributed by atoms with Crippen molar-refractivity contribution in [3.63, 3.8) is 0 Å². The number of ether oxygens (including phenoxy) is 4. The highest BCUT2D eigenvalue weighted by Gasteiger charge is 2.27. The van der Waals surface area contributed by atoms with Crippen molar-refractivity contribution in [3.8, 4) is 23.0 Å². The Balaban J connectivity index is 1.69. The van der Waals surface area contributed by atoms with Crippen molar-refractivity contribution in [1.82, 2.24) is 9.80 Å². The molecular weight excluding hydrogens is 580 g/mol. The highest BCUT2D eigenvalue weighted by atomic mass is 16.5. The summed E-state index contributed by atoms with van der Waals surface area (Å²) < 4.78 is 23.9. The molecular formula is C38H50N2O6. The minimum absolute atomic E-state index is 0.108. The SMILES string of the molecule is CC(C)=CCOc1ccc(C(=O)N2CCN(C(=O)c3ccc(OCC=C(C)C)c(OCC=C(C)C)c3)CC2)cc1OCC=C(C)C. The van der Waals surface area contributed by atoms with Crippen LogP contribution >= 0.6 is 0 Å². The van der Waals surface area contributed by atoms with E-state index in [9.17, 15) is 9.59 Å². The van der Waals surface area contributed by atoms with Gasteiger partial charge in [0.25, 0.3) is 11.8 Å². The summed E-state index contributed by atoms with van der Waals surface area (Å²) in [4.78, 5) is 30.6. The maximum absolute atomic E-state index is 13.5. The molecule has 2 aromatic carbocycles. The number of piperazine rings is 1. The lowest BCUT2D eigenvalue weighted by atomic mass is 10.1. The van der Waals surface area contributed by atoms with Gasteiger partial charge in [-0.05, 0) is 116 Å². The Kier molecular flexibility index (Phi) is 14.0. The Morgan fingerprint density at radius 1 is 0.500 bits per heavy atom. The van der Waals surface area contributed by atoms with Crippen molar-refractivity contribution in [2.24, 2.45) is 0 Å². The van der Waals surface area contributed by atoms with Crippen LogP contribution in [0, 0.1) is 0 Å². The Labute approximate surface area is 275 Å². The Bertz CT molecular complexity index is 1350. The van der Waals surface area contributed by atoms with Crippen LogP contribution in [0.3, 0.4) is 0 Å². The zero-order valence-electron chi connectivity index (χ0n) is 28.8. The van der Waals surface area contributed by atoms with E-state index in [1.807, 2.05) is 79.7 Å². The summed E-state index contributed by atoms with van der Waals surface area (Å²) in [5.74, 6) is 2.00. The molecule has 8 nitrogen and oxygen atoms in total. The predicted octanol–water partition coefficient (Wildman–Crippen LogP) is 7.66. The molecule has 0 atom stereocenters. The number of benzene rings is 2. The van der Waals surface area contributed by atoms with Gasteiger partial charge in [-0.2, -0.15) is 0 Å². The topological polar surface area (TPSA) is 77.5 Å². The summed E-state index contributed by atoms with van der Waals surface area (Å²) in [7, 11) is 0. The fourth-order valence-electron chi connectivity index (χ4n) is 4.42. The summed E-state index contributed by atoms with van der Waals surface area (Å²) in [6.45, 7) is 19.4. The van der Waals surface area contributed by atoms with Crippen LogP contribution in [-0.2, 0) is 0 Å². The number of allylic oxidation sites excluding steroid dienone is 4. The van der Waals surface area contributed by atoms with E-state index in [1.165, 1.54) is 0 Å². The molecule has 248 valence electrons. The number of carbonyl (C=O) groups excluding carboxylic acids is 2. The summed E-state index contributed by atoms with van der Waals surface area (Å²) in [6, 6.07) is 10.6. The molecule has 0 saturated carbocycles. The average Bonchev–Trinajstić information content (AvgIpc) is 3.01. The van der Waals surface area contributed by atoms with Crippen LogP contribution in [-0.4, -0.2) is 74.2 Å². The monoisotopic (exact) mass is 630 g/mol. The lowest BCUT2D eigenvalue weighted by Crippen LogP contribution is -2.50. The standard InChI is InChI=1S/C38H50N2O6/c1-27(2)13-21-43-33-11-9-31(25-35(33)45-23-15-29(5)6)37(41)39-17-19-40(20-18-39)38(42)32-10-12-34(44-22-14-28(3)4)36(26-32)46-24-16-30(7)8/h9-16,25-26H,17-24H2,1-8H3. The minimum atomic E-state index is -0.108. The van der Waals surface area contributed by atoms with Gasteiger partial charge in [0.2, 0.25) is 0 Å². The molecule has 0 unspecified atom stereocenters. The first-order valence-corrected chi connectivity index (χ1v) is 15.9. The summed E-state index contributed by atoms with van der Waals surface area (Å²) in [5, 5.41) is 0. The summed E-state index contributed by atoms with van der Waals surface area (Å²) in [6.07, 6.45) is 7.95. The predicted molar refractivity (Wildman–Crippen MR) is 184 cm³/mol. The van der Waals surface area contributed by atoms with Crippen LogP contribution in [0.4, 0.5) is 0 Å². The van der Waals surface area contributed by atoms with E-state index in [-0.39, 0.29) is 11.8 Å². The van der Waals surface area contributed by atoms with Gasteiger partial charge in [-0.25, -0.2) is 0 Å². The lowest BCUT2D eigenvalue weighted by molar-refractivity contribution is 0.0535. The van der Waals surface area contributed by atoms with Gasteiger partial charge < -0.3 is 28.7 Å². The number of carbonyl (C=O) groups is 2. The second-order valence-corrected chi connectivity index (χ2v) is 12.3. The molecule has 0 bridgehead atoms. The molecule has 1 aliphatic heterocycles. The molecule has 0 spiro atoms. The number of amides is 2. The maximum Gasteiger partial charge on any atom is 0.254 e. The van der Waals surface area contributed by atoms with E-state index in [1.54, 1.807) is 46.2 Å². The molecule has 3 rings (SSSR count).